The molecular weight excluding hydrogens is 306 g/mol. The third-order valence-corrected chi connectivity index (χ3v) is 4.95. The third-order valence-electron chi connectivity index (χ3n) is 3.76. The Labute approximate surface area is 123 Å². The van der Waals surface area contributed by atoms with Gasteiger partial charge in [-0.05, 0) is 30.4 Å². The van der Waals surface area contributed by atoms with Crippen molar-refractivity contribution in [3.63, 3.8) is 0 Å². The van der Waals surface area contributed by atoms with Crippen LogP contribution in [0.25, 0.3) is 0 Å². The van der Waals surface area contributed by atoms with Crippen LogP contribution in [0, 0.1) is 5.41 Å². The molecule has 1 amide bonds. The van der Waals surface area contributed by atoms with Crippen LogP contribution in [0.4, 0.5) is 0 Å². The van der Waals surface area contributed by atoms with Gasteiger partial charge in [0.1, 0.15) is 5.75 Å². The minimum atomic E-state index is -0.0790. The zero-order chi connectivity index (χ0) is 14.3. The lowest BCUT2D eigenvalue weighted by atomic mass is 9.84. The normalized spacial score (nSPS) is 11.2. The topological polar surface area (TPSA) is 38.3 Å². The summed E-state index contributed by atoms with van der Waals surface area (Å²) in [5.41, 5.74) is 0.707. The molecule has 1 aromatic carbocycles. The molecule has 0 atom stereocenters. The molecule has 0 aromatic heterocycles. The van der Waals surface area contributed by atoms with Crippen molar-refractivity contribution in [1.82, 2.24) is 5.32 Å². The minimum Gasteiger partial charge on any atom is -0.496 e. The average Bonchev–Trinajstić information content (AvgIpc) is 2.49. The predicted molar refractivity (Wildman–Crippen MR) is 82.1 cm³/mol. The molecule has 0 saturated carbocycles. The number of carbonyl (C=O) groups excluding carboxylic acids is 1. The number of methoxy groups -OCH3 is 1. The number of nitrogens with one attached hydrogen (secondary N) is 1. The van der Waals surface area contributed by atoms with Crippen molar-refractivity contribution in [3.05, 3.63) is 29.8 Å². The number of halogens is 1. The Bertz CT molecular complexity index is 408. The molecule has 1 aromatic rings. The van der Waals surface area contributed by atoms with E-state index in [0.717, 1.165) is 18.2 Å². The van der Waals surface area contributed by atoms with Gasteiger partial charge in [-0.25, -0.2) is 0 Å². The molecule has 0 aliphatic rings. The average molecular weight is 328 g/mol. The summed E-state index contributed by atoms with van der Waals surface area (Å²) in [7, 11) is 1.58. The summed E-state index contributed by atoms with van der Waals surface area (Å²) in [6.45, 7) is 4.97. The number of para-hydroxylation sites is 1. The van der Waals surface area contributed by atoms with E-state index < -0.39 is 0 Å². The monoisotopic (exact) mass is 327 g/mol. The third kappa shape index (κ3) is 3.96. The number of ether oxygens (including phenoxy) is 1. The Morgan fingerprint density at radius 3 is 2.47 bits per heavy atom. The Hall–Kier alpha value is -1.03. The number of alkyl halides is 1. The minimum absolute atomic E-state index is 0.0790. The maximum Gasteiger partial charge on any atom is 0.255 e. The fourth-order valence-electron chi connectivity index (χ4n) is 1.93. The van der Waals surface area contributed by atoms with Gasteiger partial charge in [0.05, 0.1) is 12.7 Å². The lowest BCUT2D eigenvalue weighted by Crippen LogP contribution is -2.38. The smallest absolute Gasteiger partial charge is 0.255 e. The van der Waals surface area contributed by atoms with Crippen LogP contribution in [0.15, 0.2) is 24.3 Å². The molecule has 4 heteroatoms. The van der Waals surface area contributed by atoms with Gasteiger partial charge in [-0.2, -0.15) is 0 Å². The predicted octanol–water partition coefficient (Wildman–Crippen LogP) is 3.63. The Balaban J connectivity index is 2.75. The van der Waals surface area contributed by atoms with Crippen LogP contribution in [-0.2, 0) is 0 Å². The molecular formula is C15H22BrNO2. The van der Waals surface area contributed by atoms with E-state index in [1.165, 1.54) is 0 Å². The molecule has 19 heavy (non-hydrogen) atoms. The number of carbonyl (C=O) groups is 1. The fourth-order valence-corrected chi connectivity index (χ4v) is 2.92. The van der Waals surface area contributed by atoms with Crippen LogP contribution in [0.2, 0.25) is 0 Å². The van der Waals surface area contributed by atoms with Gasteiger partial charge in [-0.15, -0.1) is 0 Å². The summed E-state index contributed by atoms with van der Waals surface area (Å²) < 4.78 is 5.21. The van der Waals surface area contributed by atoms with Crippen LogP contribution in [-0.4, -0.2) is 24.9 Å². The molecule has 0 unspecified atom stereocenters. The number of hydrogen-bond donors (Lipinski definition) is 1. The van der Waals surface area contributed by atoms with E-state index in [1.54, 1.807) is 19.2 Å². The van der Waals surface area contributed by atoms with E-state index in [4.69, 9.17) is 4.74 Å². The SMILES string of the molecule is CCC(CC)(CBr)CNC(=O)c1ccccc1OC. The van der Waals surface area contributed by atoms with Gasteiger partial charge in [0, 0.05) is 11.9 Å². The first-order valence-corrected chi connectivity index (χ1v) is 7.71. The molecule has 106 valence electrons. The van der Waals surface area contributed by atoms with Gasteiger partial charge in [0.25, 0.3) is 5.91 Å². The van der Waals surface area contributed by atoms with E-state index >= 15 is 0 Å². The molecule has 3 nitrogen and oxygen atoms in total. The van der Waals surface area contributed by atoms with Gasteiger partial charge in [0.15, 0.2) is 0 Å². The van der Waals surface area contributed by atoms with E-state index in [9.17, 15) is 4.79 Å². The zero-order valence-corrected chi connectivity index (χ0v) is 13.4. The second-order valence-electron chi connectivity index (χ2n) is 4.72. The highest BCUT2D eigenvalue weighted by Gasteiger charge is 2.25. The number of amides is 1. The van der Waals surface area contributed by atoms with E-state index in [2.05, 4.69) is 35.1 Å². The molecule has 1 N–H and O–H groups in total. The van der Waals surface area contributed by atoms with E-state index in [1.807, 2.05) is 12.1 Å². The van der Waals surface area contributed by atoms with E-state index in [-0.39, 0.29) is 11.3 Å². The van der Waals surface area contributed by atoms with Crippen molar-refractivity contribution in [2.24, 2.45) is 5.41 Å². The lowest BCUT2D eigenvalue weighted by Gasteiger charge is -2.29. The summed E-state index contributed by atoms with van der Waals surface area (Å²) in [6.07, 6.45) is 2.06. The van der Waals surface area contributed by atoms with Crippen LogP contribution < -0.4 is 10.1 Å². The highest BCUT2D eigenvalue weighted by atomic mass is 79.9. The molecule has 0 fully saturated rings. The fraction of sp³-hybridized carbons (Fsp3) is 0.533. The molecule has 0 bridgehead atoms. The molecule has 0 spiro atoms. The largest absolute Gasteiger partial charge is 0.496 e. The number of hydrogen-bond acceptors (Lipinski definition) is 2. The van der Waals surface area contributed by atoms with Crippen molar-refractivity contribution in [2.45, 2.75) is 26.7 Å². The second-order valence-corrected chi connectivity index (χ2v) is 5.28. The summed E-state index contributed by atoms with van der Waals surface area (Å²) in [5, 5.41) is 3.91. The van der Waals surface area contributed by atoms with Gasteiger partial charge < -0.3 is 10.1 Å². The van der Waals surface area contributed by atoms with Crippen molar-refractivity contribution >= 4 is 21.8 Å². The standard InChI is InChI=1S/C15H22BrNO2/c1-4-15(5-2,10-16)11-17-14(18)12-8-6-7-9-13(12)19-3/h6-9H,4-5,10-11H2,1-3H3,(H,17,18). The van der Waals surface area contributed by atoms with Crippen molar-refractivity contribution in [1.29, 1.82) is 0 Å². The molecule has 0 saturated heterocycles. The highest BCUT2D eigenvalue weighted by molar-refractivity contribution is 9.09. The number of benzene rings is 1. The van der Waals surface area contributed by atoms with Crippen LogP contribution in [0.5, 0.6) is 5.75 Å². The van der Waals surface area contributed by atoms with Crippen LogP contribution in [0.1, 0.15) is 37.0 Å². The summed E-state index contributed by atoms with van der Waals surface area (Å²) in [4.78, 5) is 12.2. The number of rotatable bonds is 7. The molecule has 1 rings (SSSR count). The zero-order valence-electron chi connectivity index (χ0n) is 11.8. The lowest BCUT2D eigenvalue weighted by molar-refractivity contribution is 0.0929. The van der Waals surface area contributed by atoms with Gasteiger partial charge in [-0.3, -0.25) is 4.79 Å². The Kier molecular flexibility index (Phi) is 6.35. The van der Waals surface area contributed by atoms with Crippen LogP contribution >= 0.6 is 15.9 Å². The van der Waals surface area contributed by atoms with Gasteiger partial charge >= 0.3 is 0 Å². The van der Waals surface area contributed by atoms with Gasteiger partial charge in [-0.1, -0.05) is 41.9 Å². The van der Waals surface area contributed by atoms with E-state index in [0.29, 0.717) is 17.9 Å². The van der Waals surface area contributed by atoms with Crippen molar-refractivity contribution < 1.29 is 9.53 Å². The Morgan fingerprint density at radius 1 is 1.32 bits per heavy atom. The first-order chi connectivity index (χ1) is 9.12. The maximum absolute atomic E-state index is 12.2. The Morgan fingerprint density at radius 2 is 1.95 bits per heavy atom. The molecule has 0 aliphatic carbocycles. The first-order valence-electron chi connectivity index (χ1n) is 6.59. The second kappa shape index (κ2) is 7.53. The summed E-state index contributed by atoms with van der Waals surface area (Å²) >= 11 is 3.55. The van der Waals surface area contributed by atoms with Crippen molar-refractivity contribution in [2.75, 3.05) is 19.0 Å². The van der Waals surface area contributed by atoms with Gasteiger partial charge in [0.2, 0.25) is 0 Å². The quantitative estimate of drug-likeness (QED) is 0.776. The molecule has 0 radical (unpaired) electrons. The van der Waals surface area contributed by atoms with Crippen molar-refractivity contribution in [3.8, 4) is 5.75 Å². The molecule has 0 heterocycles. The highest BCUT2D eigenvalue weighted by Crippen LogP contribution is 2.28. The summed E-state index contributed by atoms with van der Waals surface area (Å²) in [5.74, 6) is 0.530. The van der Waals surface area contributed by atoms with Crippen LogP contribution in [0.3, 0.4) is 0 Å². The maximum atomic E-state index is 12.2. The summed E-state index contributed by atoms with van der Waals surface area (Å²) in [6, 6.07) is 7.28. The molecule has 0 aliphatic heterocycles. The first kappa shape index (κ1) is 16.0.